The Kier molecular flexibility index (Phi) is 3.79. The zero-order valence-corrected chi connectivity index (χ0v) is 7.88. The van der Waals surface area contributed by atoms with Gasteiger partial charge in [-0.15, -0.1) is 10.2 Å². The molecule has 1 aromatic heterocycles. The summed E-state index contributed by atoms with van der Waals surface area (Å²) in [5.41, 5.74) is -0.0174. The first-order chi connectivity index (χ1) is 5.11. The molecule has 0 bridgehead atoms. The Bertz CT molecular complexity index is 174. The van der Waals surface area contributed by atoms with Crippen LogP contribution >= 0.6 is 0 Å². The maximum Gasteiger partial charge on any atom is 0.221 e. The molecule has 0 aliphatic carbocycles. The predicted octanol–water partition coefficient (Wildman–Crippen LogP) is 2.39. The van der Waals surface area contributed by atoms with E-state index in [0.717, 1.165) is 0 Å². The Morgan fingerprint density at radius 1 is 1.27 bits per heavy atom. The molecular formula is C8H16N2O. The third-order valence-corrected chi connectivity index (χ3v) is 1.00. The molecule has 1 rings (SSSR count). The van der Waals surface area contributed by atoms with Gasteiger partial charge in [0, 0.05) is 5.41 Å². The van der Waals surface area contributed by atoms with Crippen LogP contribution in [0.5, 0.6) is 0 Å². The van der Waals surface area contributed by atoms with Crippen LogP contribution < -0.4 is 0 Å². The first-order valence-electron chi connectivity index (χ1n) is 3.87. The summed E-state index contributed by atoms with van der Waals surface area (Å²) in [7, 11) is 0. The van der Waals surface area contributed by atoms with Gasteiger partial charge in [0.1, 0.15) is 0 Å². The van der Waals surface area contributed by atoms with Crippen LogP contribution in [-0.2, 0) is 5.41 Å². The lowest BCUT2D eigenvalue weighted by atomic mass is 9.97. The van der Waals surface area contributed by atoms with Crippen molar-refractivity contribution in [3.05, 3.63) is 12.3 Å². The summed E-state index contributed by atoms with van der Waals surface area (Å²) in [6.45, 7) is 10.1. The van der Waals surface area contributed by atoms with Crippen LogP contribution in [0.25, 0.3) is 0 Å². The Labute approximate surface area is 67.8 Å². The number of nitrogens with zero attached hydrogens (tertiary/aromatic N) is 2. The largest absolute Gasteiger partial charge is 0.427 e. The molecule has 0 radical (unpaired) electrons. The van der Waals surface area contributed by atoms with Crippen molar-refractivity contribution in [3.8, 4) is 0 Å². The highest BCUT2D eigenvalue weighted by Gasteiger charge is 2.18. The quantitative estimate of drug-likeness (QED) is 0.579. The monoisotopic (exact) mass is 156 g/mol. The lowest BCUT2D eigenvalue weighted by molar-refractivity contribution is 0.392. The van der Waals surface area contributed by atoms with Crippen molar-refractivity contribution in [2.75, 3.05) is 0 Å². The van der Waals surface area contributed by atoms with Gasteiger partial charge in [-0.25, -0.2) is 0 Å². The van der Waals surface area contributed by atoms with Gasteiger partial charge in [0.05, 0.1) is 0 Å². The topological polar surface area (TPSA) is 38.9 Å². The Morgan fingerprint density at radius 2 is 1.82 bits per heavy atom. The average molecular weight is 156 g/mol. The summed E-state index contributed by atoms with van der Waals surface area (Å²) in [5, 5.41) is 7.34. The third kappa shape index (κ3) is 3.16. The van der Waals surface area contributed by atoms with Crippen molar-refractivity contribution >= 4 is 0 Å². The third-order valence-electron chi connectivity index (χ3n) is 1.00. The molecule has 1 aromatic rings. The highest BCUT2D eigenvalue weighted by molar-refractivity contribution is 4.92. The van der Waals surface area contributed by atoms with Crippen molar-refractivity contribution in [2.45, 2.75) is 40.0 Å². The van der Waals surface area contributed by atoms with Crippen LogP contribution in [0.3, 0.4) is 0 Å². The van der Waals surface area contributed by atoms with Gasteiger partial charge in [0.25, 0.3) is 0 Å². The first kappa shape index (κ1) is 10.1. The molecule has 0 aliphatic rings. The summed E-state index contributed by atoms with van der Waals surface area (Å²) >= 11 is 0. The molecule has 3 heteroatoms. The zero-order chi connectivity index (χ0) is 8.91. The predicted molar refractivity (Wildman–Crippen MR) is 44.3 cm³/mol. The molecule has 3 nitrogen and oxygen atoms in total. The van der Waals surface area contributed by atoms with Crippen molar-refractivity contribution in [1.29, 1.82) is 0 Å². The van der Waals surface area contributed by atoms with Gasteiger partial charge < -0.3 is 4.42 Å². The fraction of sp³-hybridized carbons (Fsp3) is 0.750. The van der Waals surface area contributed by atoms with E-state index in [1.54, 1.807) is 0 Å². The molecule has 1 heterocycles. The van der Waals surface area contributed by atoms with Gasteiger partial charge in [-0.1, -0.05) is 34.6 Å². The van der Waals surface area contributed by atoms with Crippen LogP contribution in [0.1, 0.15) is 40.5 Å². The molecule has 0 aliphatic heterocycles. The molecule has 0 spiro atoms. The van der Waals surface area contributed by atoms with E-state index in [1.165, 1.54) is 6.39 Å². The maximum absolute atomic E-state index is 4.98. The lowest BCUT2D eigenvalue weighted by Crippen LogP contribution is -2.11. The second-order valence-electron chi connectivity index (χ2n) is 2.99. The van der Waals surface area contributed by atoms with Gasteiger partial charge in [-0.3, -0.25) is 0 Å². The van der Waals surface area contributed by atoms with E-state index in [2.05, 4.69) is 10.2 Å². The maximum atomic E-state index is 4.98. The first-order valence-corrected chi connectivity index (χ1v) is 3.87. The van der Waals surface area contributed by atoms with Gasteiger partial charge in [-0.2, -0.15) is 0 Å². The molecule has 0 fully saturated rings. The molecule has 64 valence electrons. The summed E-state index contributed by atoms with van der Waals surface area (Å²) in [6, 6.07) is 0. The molecule has 11 heavy (non-hydrogen) atoms. The van der Waals surface area contributed by atoms with Gasteiger partial charge in [0.15, 0.2) is 0 Å². The van der Waals surface area contributed by atoms with Gasteiger partial charge in [0.2, 0.25) is 12.3 Å². The molecule has 0 saturated carbocycles. The fourth-order valence-corrected chi connectivity index (χ4v) is 0.500. The highest BCUT2D eigenvalue weighted by atomic mass is 16.4. The van der Waals surface area contributed by atoms with Crippen LogP contribution in [0, 0.1) is 0 Å². The van der Waals surface area contributed by atoms with Crippen molar-refractivity contribution in [2.24, 2.45) is 0 Å². The van der Waals surface area contributed by atoms with E-state index in [4.69, 9.17) is 4.42 Å². The fourth-order valence-electron chi connectivity index (χ4n) is 0.500. The highest BCUT2D eigenvalue weighted by Crippen LogP contribution is 2.17. The van der Waals surface area contributed by atoms with E-state index in [9.17, 15) is 0 Å². The molecular weight excluding hydrogens is 140 g/mol. The van der Waals surface area contributed by atoms with E-state index in [1.807, 2.05) is 34.6 Å². The van der Waals surface area contributed by atoms with Crippen LogP contribution in [0.15, 0.2) is 10.8 Å². The van der Waals surface area contributed by atoms with E-state index >= 15 is 0 Å². The number of hydrogen-bond acceptors (Lipinski definition) is 3. The normalized spacial score (nSPS) is 10.3. The van der Waals surface area contributed by atoms with E-state index in [0.29, 0.717) is 5.89 Å². The van der Waals surface area contributed by atoms with Crippen molar-refractivity contribution in [3.63, 3.8) is 0 Å². The molecule has 0 atom stereocenters. The number of aromatic nitrogens is 2. The van der Waals surface area contributed by atoms with Crippen molar-refractivity contribution in [1.82, 2.24) is 10.2 Å². The molecule has 0 N–H and O–H groups in total. The number of hydrogen-bond donors (Lipinski definition) is 0. The standard InChI is InChI=1S/C6H10N2O.C2H6/c1-6(2,3)5-8-7-4-9-5;1-2/h4H,1-3H3;1-2H3. The zero-order valence-electron chi connectivity index (χ0n) is 7.88. The van der Waals surface area contributed by atoms with Gasteiger partial charge in [-0.05, 0) is 0 Å². The van der Waals surface area contributed by atoms with Crippen molar-refractivity contribution < 1.29 is 4.42 Å². The Hall–Kier alpha value is -0.860. The summed E-state index contributed by atoms with van der Waals surface area (Å²) in [4.78, 5) is 0. The second kappa shape index (κ2) is 4.11. The summed E-state index contributed by atoms with van der Waals surface area (Å²) < 4.78 is 4.98. The lowest BCUT2D eigenvalue weighted by Gasteiger charge is -2.10. The second-order valence-corrected chi connectivity index (χ2v) is 2.99. The van der Waals surface area contributed by atoms with Crippen LogP contribution in [0.2, 0.25) is 0 Å². The molecule has 0 amide bonds. The number of rotatable bonds is 0. The summed E-state index contributed by atoms with van der Waals surface area (Å²) in [6.07, 6.45) is 1.35. The van der Waals surface area contributed by atoms with Gasteiger partial charge >= 0.3 is 0 Å². The summed E-state index contributed by atoms with van der Waals surface area (Å²) in [5.74, 6) is 0.683. The van der Waals surface area contributed by atoms with E-state index in [-0.39, 0.29) is 5.41 Å². The minimum Gasteiger partial charge on any atom is -0.427 e. The molecule has 0 aromatic carbocycles. The van der Waals surface area contributed by atoms with E-state index < -0.39 is 0 Å². The minimum atomic E-state index is -0.0174. The average Bonchev–Trinajstić information content (AvgIpc) is 2.40. The smallest absolute Gasteiger partial charge is 0.221 e. The molecule has 0 saturated heterocycles. The molecule has 0 unspecified atom stereocenters. The van der Waals surface area contributed by atoms with Crippen LogP contribution in [-0.4, -0.2) is 10.2 Å². The SMILES string of the molecule is CC.CC(C)(C)c1nnco1. The minimum absolute atomic E-state index is 0.0174. The Morgan fingerprint density at radius 3 is 2.00 bits per heavy atom. The van der Waals surface area contributed by atoms with Crippen LogP contribution in [0.4, 0.5) is 0 Å². The Balaban J connectivity index is 0.000000461.